The van der Waals surface area contributed by atoms with E-state index in [-0.39, 0.29) is 5.91 Å². The second-order valence-electron chi connectivity index (χ2n) is 5.03. The number of carbonyl (C=O) groups excluding carboxylic acids is 1. The molecule has 1 rings (SSSR count). The van der Waals surface area contributed by atoms with Crippen LogP contribution in [0.1, 0.15) is 31.1 Å². The number of methoxy groups -OCH3 is 2. The molecule has 5 nitrogen and oxygen atoms in total. The van der Waals surface area contributed by atoms with Crippen LogP contribution in [0.4, 0.5) is 5.69 Å². The standard InChI is InChI=1S/C15H24N2O3/c1-6-17(9-10(2)3)15(18)11-7-13(19-4)14(20-5)8-12(11)16/h7-8,10H,6,9,16H2,1-5H3. The summed E-state index contributed by atoms with van der Waals surface area (Å²) in [6.45, 7) is 7.45. The molecule has 0 atom stereocenters. The maximum Gasteiger partial charge on any atom is 0.256 e. The molecule has 20 heavy (non-hydrogen) atoms. The number of amides is 1. The zero-order valence-corrected chi connectivity index (χ0v) is 12.9. The van der Waals surface area contributed by atoms with Crippen LogP contribution in [-0.4, -0.2) is 38.1 Å². The van der Waals surface area contributed by atoms with Crippen molar-refractivity contribution in [1.29, 1.82) is 0 Å². The topological polar surface area (TPSA) is 64.8 Å². The van der Waals surface area contributed by atoms with Crippen molar-refractivity contribution in [2.45, 2.75) is 20.8 Å². The first-order valence-corrected chi connectivity index (χ1v) is 6.75. The average Bonchev–Trinajstić information content (AvgIpc) is 2.43. The molecule has 0 aliphatic rings. The molecular weight excluding hydrogens is 256 g/mol. The zero-order chi connectivity index (χ0) is 15.3. The van der Waals surface area contributed by atoms with E-state index in [0.29, 0.717) is 41.8 Å². The van der Waals surface area contributed by atoms with Crippen molar-refractivity contribution in [1.82, 2.24) is 4.90 Å². The van der Waals surface area contributed by atoms with Crippen molar-refractivity contribution < 1.29 is 14.3 Å². The lowest BCUT2D eigenvalue weighted by Gasteiger charge is -2.24. The van der Waals surface area contributed by atoms with Gasteiger partial charge in [-0.3, -0.25) is 4.79 Å². The SMILES string of the molecule is CCN(CC(C)C)C(=O)c1cc(OC)c(OC)cc1N. The molecule has 1 amide bonds. The summed E-state index contributed by atoms with van der Waals surface area (Å²) in [5, 5.41) is 0. The largest absolute Gasteiger partial charge is 0.493 e. The summed E-state index contributed by atoms with van der Waals surface area (Å²) in [4.78, 5) is 14.3. The lowest BCUT2D eigenvalue weighted by molar-refractivity contribution is 0.0746. The van der Waals surface area contributed by atoms with E-state index in [1.165, 1.54) is 14.2 Å². The highest BCUT2D eigenvalue weighted by molar-refractivity contribution is 6.00. The summed E-state index contributed by atoms with van der Waals surface area (Å²) in [6, 6.07) is 3.26. The number of nitrogens with two attached hydrogens (primary N) is 1. The number of hydrogen-bond acceptors (Lipinski definition) is 4. The van der Waals surface area contributed by atoms with Crippen LogP contribution < -0.4 is 15.2 Å². The number of rotatable bonds is 6. The Morgan fingerprint density at radius 2 is 1.80 bits per heavy atom. The van der Waals surface area contributed by atoms with Gasteiger partial charge < -0.3 is 20.1 Å². The third-order valence-electron chi connectivity index (χ3n) is 3.04. The van der Waals surface area contributed by atoms with E-state index < -0.39 is 0 Å². The molecule has 0 heterocycles. The second-order valence-corrected chi connectivity index (χ2v) is 5.03. The maximum absolute atomic E-state index is 12.5. The van der Waals surface area contributed by atoms with E-state index in [4.69, 9.17) is 15.2 Å². The van der Waals surface area contributed by atoms with Gasteiger partial charge in [-0.1, -0.05) is 13.8 Å². The first-order chi connectivity index (χ1) is 9.44. The molecule has 2 N–H and O–H groups in total. The Hall–Kier alpha value is -1.91. The molecule has 0 fully saturated rings. The third-order valence-corrected chi connectivity index (χ3v) is 3.04. The van der Waals surface area contributed by atoms with E-state index in [9.17, 15) is 4.79 Å². The van der Waals surface area contributed by atoms with E-state index in [1.54, 1.807) is 17.0 Å². The molecule has 0 bridgehead atoms. The first kappa shape index (κ1) is 16.1. The lowest BCUT2D eigenvalue weighted by atomic mass is 10.1. The van der Waals surface area contributed by atoms with Crippen LogP contribution in [0, 0.1) is 5.92 Å². The minimum absolute atomic E-state index is 0.0837. The van der Waals surface area contributed by atoms with Gasteiger partial charge in [0.15, 0.2) is 11.5 Å². The van der Waals surface area contributed by atoms with Crippen LogP contribution in [-0.2, 0) is 0 Å². The third kappa shape index (κ3) is 3.56. The summed E-state index contributed by atoms with van der Waals surface area (Å²) >= 11 is 0. The summed E-state index contributed by atoms with van der Waals surface area (Å²) in [5.74, 6) is 1.35. The van der Waals surface area contributed by atoms with Gasteiger partial charge in [0.1, 0.15) is 0 Å². The highest BCUT2D eigenvalue weighted by Crippen LogP contribution is 2.32. The van der Waals surface area contributed by atoms with E-state index in [0.717, 1.165) is 0 Å². The van der Waals surface area contributed by atoms with Gasteiger partial charge in [-0.15, -0.1) is 0 Å². The number of nitrogens with zero attached hydrogens (tertiary/aromatic N) is 1. The number of ether oxygens (including phenoxy) is 2. The van der Waals surface area contributed by atoms with Crippen molar-refractivity contribution >= 4 is 11.6 Å². The Balaban J connectivity index is 3.14. The molecule has 1 aromatic carbocycles. The van der Waals surface area contributed by atoms with Crippen molar-refractivity contribution in [2.24, 2.45) is 5.92 Å². The smallest absolute Gasteiger partial charge is 0.256 e. The normalized spacial score (nSPS) is 10.5. The van der Waals surface area contributed by atoms with E-state index >= 15 is 0 Å². The van der Waals surface area contributed by atoms with Gasteiger partial charge in [0.25, 0.3) is 5.91 Å². The second kappa shape index (κ2) is 7.03. The number of benzene rings is 1. The molecule has 0 radical (unpaired) electrons. The maximum atomic E-state index is 12.5. The predicted octanol–water partition coefficient (Wildman–Crippen LogP) is 2.40. The van der Waals surface area contributed by atoms with Crippen molar-refractivity contribution in [2.75, 3.05) is 33.0 Å². The van der Waals surface area contributed by atoms with Gasteiger partial charge in [0.05, 0.1) is 19.8 Å². The highest BCUT2D eigenvalue weighted by Gasteiger charge is 2.20. The number of carbonyl (C=O) groups is 1. The number of hydrogen-bond donors (Lipinski definition) is 1. The van der Waals surface area contributed by atoms with Crippen LogP contribution in [0.2, 0.25) is 0 Å². The van der Waals surface area contributed by atoms with Crippen molar-refractivity contribution in [3.63, 3.8) is 0 Å². The fourth-order valence-electron chi connectivity index (χ4n) is 2.05. The lowest BCUT2D eigenvalue weighted by Crippen LogP contribution is -2.34. The van der Waals surface area contributed by atoms with Crippen LogP contribution in [0.3, 0.4) is 0 Å². The van der Waals surface area contributed by atoms with Gasteiger partial charge in [-0.25, -0.2) is 0 Å². The highest BCUT2D eigenvalue weighted by atomic mass is 16.5. The molecule has 0 saturated heterocycles. The molecule has 0 aliphatic carbocycles. The average molecular weight is 280 g/mol. The van der Waals surface area contributed by atoms with E-state index in [1.807, 2.05) is 6.92 Å². The molecule has 0 aliphatic heterocycles. The summed E-state index contributed by atoms with van der Waals surface area (Å²) < 4.78 is 10.4. The molecule has 0 spiro atoms. The fraction of sp³-hybridized carbons (Fsp3) is 0.533. The van der Waals surface area contributed by atoms with Gasteiger partial charge >= 0.3 is 0 Å². The molecule has 1 aromatic rings. The van der Waals surface area contributed by atoms with E-state index in [2.05, 4.69) is 13.8 Å². The van der Waals surface area contributed by atoms with Crippen molar-refractivity contribution in [3.8, 4) is 11.5 Å². The van der Waals surface area contributed by atoms with Crippen molar-refractivity contribution in [3.05, 3.63) is 17.7 Å². The zero-order valence-electron chi connectivity index (χ0n) is 12.9. The Kier molecular flexibility index (Phi) is 5.67. The minimum atomic E-state index is -0.0837. The number of anilines is 1. The Bertz CT molecular complexity index is 472. The van der Waals surface area contributed by atoms with Gasteiger partial charge in [-0.2, -0.15) is 0 Å². The first-order valence-electron chi connectivity index (χ1n) is 6.75. The summed E-state index contributed by atoms with van der Waals surface area (Å²) in [6.07, 6.45) is 0. The summed E-state index contributed by atoms with van der Waals surface area (Å²) in [5.41, 5.74) is 6.81. The molecular formula is C15H24N2O3. The fourth-order valence-corrected chi connectivity index (χ4v) is 2.05. The Morgan fingerprint density at radius 3 is 2.25 bits per heavy atom. The number of nitrogen functional groups attached to an aromatic ring is 1. The van der Waals surface area contributed by atoms with Crippen LogP contribution >= 0.6 is 0 Å². The molecule has 112 valence electrons. The Morgan fingerprint density at radius 1 is 1.25 bits per heavy atom. The summed E-state index contributed by atoms with van der Waals surface area (Å²) in [7, 11) is 3.07. The van der Waals surface area contributed by atoms with Gasteiger partial charge in [0, 0.05) is 24.8 Å². The van der Waals surface area contributed by atoms with Crippen LogP contribution in [0.15, 0.2) is 12.1 Å². The minimum Gasteiger partial charge on any atom is -0.493 e. The predicted molar refractivity (Wildman–Crippen MR) is 80.4 cm³/mol. The molecule has 0 aromatic heterocycles. The monoisotopic (exact) mass is 280 g/mol. The van der Waals surface area contributed by atoms with Gasteiger partial charge in [0.2, 0.25) is 0 Å². The van der Waals surface area contributed by atoms with Crippen LogP contribution in [0.5, 0.6) is 11.5 Å². The van der Waals surface area contributed by atoms with Gasteiger partial charge in [-0.05, 0) is 18.9 Å². The quantitative estimate of drug-likeness (QED) is 0.813. The van der Waals surface area contributed by atoms with Crippen LogP contribution in [0.25, 0.3) is 0 Å². The molecule has 0 saturated carbocycles. The Labute approximate surface area is 120 Å². The molecule has 5 heteroatoms. The molecule has 0 unspecified atom stereocenters.